The summed E-state index contributed by atoms with van der Waals surface area (Å²) in [5.41, 5.74) is -0.464. The number of hydrogen-bond donors (Lipinski definition) is 0. The topological polar surface area (TPSA) is 130 Å². The number of benzene rings is 2. The predicted octanol–water partition coefficient (Wildman–Crippen LogP) is 2.27. The summed E-state index contributed by atoms with van der Waals surface area (Å²) in [5.74, 6) is -0.107. The summed E-state index contributed by atoms with van der Waals surface area (Å²) < 4.78 is 28.8. The number of nitrogens with zero attached hydrogens (tertiary/aromatic N) is 2. The summed E-state index contributed by atoms with van der Waals surface area (Å²) in [5, 5.41) is 21.0. The maximum atomic E-state index is 12.0. The van der Waals surface area contributed by atoms with E-state index in [1.807, 2.05) is 0 Å². The van der Waals surface area contributed by atoms with E-state index in [1.54, 1.807) is 0 Å². The summed E-state index contributed by atoms with van der Waals surface area (Å²) in [6.07, 6.45) is 0. The van der Waals surface area contributed by atoms with Crippen LogP contribution in [0.2, 0.25) is 0 Å². The van der Waals surface area contributed by atoms with Gasteiger partial charge in [0.1, 0.15) is 10.6 Å². The molecule has 0 aliphatic carbocycles. The fraction of sp³-hybridized carbons (Fsp3) is 0. The summed E-state index contributed by atoms with van der Waals surface area (Å²) in [7, 11) is -4.18. The summed E-state index contributed by atoms with van der Waals surface area (Å²) >= 11 is 0. The normalized spacial score (nSPS) is 10.9. The maximum Gasteiger partial charge on any atom is 0.339 e. The summed E-state index contributed by atoms with van der Waals surface area (Å²) in [6, 6.07) is 8.62. The number of nitro benzene ring substituents is 2. The summed E-state index contributed by atoms with van der Waals surface area (Å²) in [6.45, 7) is 0. The van der Waals surface area contributed by atoms with E-state index in [4.69, 9.17) is 4.18 Å². The van der Waals surface area contributed by atoms with Gasteiger partial charge >= 0.3 is 10.1 Å². The lowest BCUT2D eigenvalue weighted by Gasteiger charge is -2.06. The fourth-order valence-electron chi connectivity index (χ4n) is 1.53. The molecular formula is C12H8N2O7S. The molecule has 0 atom stereocenters. The van der Waals surface area contributed by atoms with Crippen molar-refractivity contribution in [2.45, 2.75) is 4.90 Å². The first kappa shape index (κ1) is 15.4. The van der Waals surface area contributed by atoms with Gasteiger partial charge in [-0.2, -0.15) is 8.42 Å². The van der Waals surface area contributed by atoms with Gasteiger partial charge in [0, 0.05) is 24.3 Å². The zero-order valence-electron chi connectivity index (χ0n) is 10.8. The minimum absolute atomic E-state index is 0.107. The Morgan fingerprint density at radius 2 is 1.18 bits per heavy atom. The van der Waals surface area contributed by atoms with Gasteiger partial charge in [0.25, 0.3) is 11.4 Å². The third kappa shape index (κ3) is 3.35. The number of hydrogen-bond acceptors (Lipinski definition) is 7. The van der Waals surface area contributed by atoms with E-state index in [0.29, 0.717) is 0 Å². The number of non-ortho nitro benzene ring substituents is 2. The molecule has 0 saturated heterocycles. The maximum absolute atomic E-state index is 12.0. The molecule has 0 N–H and O–H groups in total. The lowest BCUT2D eigenvalue weighted by molar-refractivity contribution is -0.385. The van der Waals surface area contributed by atoms with Crippen molar-refractivity contribution < 1.29 is 22.4 Å². The van der Waals surface area contributed by atoms with Crippen LogP contribution in [0.5, 0.6) is 5.75 Å². The molecule has 0 amide bonds. The standard InChI is InChI=1S/C12H8N2O7S/c15-13(16)9-1-5-11(6-2-9)21-22(19,20)12-7-3-10(4-8-12)14(17)18/h1-8H. The SMILES string of the molecule is O=[N+]([O-])c1ccc(OS(=O)(=O)c2ccc([N+](=O)[O-])cc2)cc1. The van der Waals surface area contributed by atoms with E-state index in [-0.39, 0.29) is 22.0 Å². The van der Waals surface area contributed by atoms with Crippen molar-refractivity contribution in [3.63, 3.8) is 0 Å². The van der Waals surface area contributed by atoms with Gasteiger partial charge in [-0.15, -0.1) is 0 Å². The molecule has 114 valence electrons. The first-order valence-corrected chi connectivity index (χ1v) is 7.14. The van der Waals surface area contributed by atoms with Gasteiger partial charge in [-0.25, -0.2) is 0 Å². The minimum atomic E-state index is -4.18. The molecule has 0 heterocycles. The molecule has 0 aromatic heterocycles. The van der Waals surface area contributed by atoms with Crippen LogP contribution in [-0.4, -0.2) is 18.3 Å². The molecule has 9 nitrogen and oxygen atoms in total. The largest absolute Gasteiger partial charge is 0.379 e. The average molecular weight is 324 g/mol. The van der Waals surface area contributed by atoms with Crippen molar-refractivity contribution in [3.05, 3.63) is 68.8 Å². The van der Waals surface area contributed by atoms with Crippen molar-refractivity contribution in [2.24, 2.45) is 0 Å². The van der Waals surface area contributed by atoms with Crippen LogP contribution >= 0.6 is 0 Å². The highest BCUT2D eigenvalue weighted by molar-refractivity contribution is 7.87. The van der Waals surface area contributed by atoms with E-state index in [9.17, 15) is 28.6 Å². The molecule has 0 aliphatic heterocycles. The minimum Gasteiger partial charge on any atom is -0.379 e. The molecule has 0 saturated carbocycles. The molecular weight excluding hydrogens is 316 g/mol. The Kier molecular flexibility index (Phi) is 4.04. The van der Waals surface area contributed by atoms with Gasteiger partial charge in [0.15, 0.2) is 0 Å². The van der Waals surface area contributed by atoms with E-state index in [2.05, 4.69) is 0 Å². The second-order valence-corrected chi connectivity index (χ2v) is 5.59. The molecule has 0 bridgehead atoms. The van der Waals surface area contributed by atoms with Crippen LogP contribution in [0.4, 0.5) is 11.4 Å². The van der Waals surface area contributed by atoms with Gasteiger partial charge in [-0.3, -0.25) is 20.2 Å². The Morgan fingerprint density at radius 1 is 0.773 bits per heavy atom. The second kappa shape index (κ2) is 5.77. The first-order chi connectivity index (χ1) is 10.3. The van der Waals surface area contributed by atoms with Crippen LogP contribution in [0.25, 0.3) is 0 Å². The first-order valence-electron chi connectivity index (χ1n) is 5.73. The Morgan fingerprint density at radius 3 is 1.59 bits per heavy atom. The van der Waals surface area contributed by atoms with Crippen molar-refractivity contribution in [2.75, 3.05) is 0 Å². The molecule has 2 rings (SSSR count). The lowest BCUT2D eigenvalue weighted by atomic mass is 10.3. The Balaban J connectivity index is 2.23. The zero-order valence-corrected chi connectivity index (χ0v) is 11.6. The molecule has 0 radical (unpaired) electrons. The Hall–Kier alpha value is -3.01. The van der Waals surface area contributed by atoms with E-state index < -0.39 is 20.0 Å². The summed E-state index contributed by atoms with van der Waals surface area (Å²) in [4.78, 5) is 19.5. The van der Waals surface area contributed by atoms with E-state index in [1.165, 1.54) is 0 Å². The van der Waals surface area contributed by atoms with Crippen molar-refractivity contribution in [3.8, 4) is 5.75 Å². The van der Waals surface area contributed by atoms with Crippen LogP contribution in [0.1, 0.15) is 0 Å². The van der Waals surface area contributed by atoms with Crippen molar-refractivity contribution in [1.29, 1.82) is 0 Å². The van der Waals surface area contributed by atoms with E-state index in [0.717, 1.165) is 48.5 Å². The monoisotopic (exact) mass is 324 g/mol. The number of nitro groups is 2. The molecule has 0 unspecified atom stereocenters. The van der Waals surface area contributed by atoms with Crippen molar-refractivity contribution in [1.82, 2.24) is 0 Å². The van der Waals surface area contributed by atoms with Crippen molar-refractivity contribution >= 4 is 21.5 Å². The molecule has 2 aromatic rings. The number of rotatable bonds is 5. The third-order valence-corrected chi connectivity index (χ3v) is 3.85. The van der Waals surface area contributed by atoms with E-state index >= 15 is 0 Å². The molecule has 0 spiro atoms. The van der Waals surface area contributed by atoms with Gasteiger partial charge < -0.3 is 4.18 Å². The highest BCUT2D eigenvalue weighted by Gasteiger charge is 2.18. The predicted molar refractivity (Wildman–Crippen MR) is 74.0 cm³/mol. The molecule has 10 heteroatoms. The van der Waals surface area contributed by atoms with Crippen LogP contribution in [-0.2, 0) is 10.1 Å². The average Bonchev–Trinajstić information content (AvgIpc) is 2.47. The van der Waals surface area contributed by atoms with Crippen LogP contribution in [0, 0.1) is 20.2 Å². The molecule has 2 aromatic carbocycles. The second-order valence-electron chi connectivity index (χ2n) is 4.04. The Bertz CT molecular complexity index is 814. The quantitative estimate of drug-likeness (QED) is 0.468. The van der Waals surface area contributed by atoms with Gasteiger partial charge in [-0.05, 0) is 24.3 Å². The Labute approximate surface area is 124 Å². The zero-order chi connectivity index (χ0) is 16.3. The van der Waals surface area contributed by atoms with Gasteiger partial charge in [-0.1, -0.05) is 0 Å². The third-order valence-electron chi connectivity index (χ3n) is 2.59. The van der Waals surface area contributed by atoms with Crippen LogP contribution < -0.4 is 4.18 Å². The van der Waals surface area contributed by atoms with Crippen LogP contribution in [0.15, 0.2) is 53.4 Å². The molecule has 0 aliphatic rings. The van der Waals surface area contributed by atoms with Crippen LogP contribution in [0.3, 0.4) is 0 Å². The highest BCUT2D eigenvalue weighted by atomic mass is 32.2. The smallest absolute Gasteiger partial charge is 0.339 e. The van der Waals surface area contributed by atoms with Gasteiger partial charge in [0.2, 0.25) is 0 Å². The fourth-order valence-corrected chi connectivity index (χ4v) is 2.46. The highest BCUT2D eigenvalue weighted by Crippen LogP contribution is 2.23. The molecule has 0 fully saturated rings. The lowest BCUT2D eigenvalue weighted by Crippen LogP contribution is -2.09. The molecule has 22 heavy (non-hydrogen) atoms. The van der Waals surface area contributed by atoms with Gasteiger partial charge in [0.05, 0.1) is 9.85 Å².